The number of nitrogens with one attached hydrogen (secondary N) is 1. The molecule has 2 aromatic rings. The number of rotatable bonds is 1. The average Bonchev–Trinajstić information content (AvgIpc) is 2.83. The maximum absolute atomic E-state index is 9.68. The van der Waals surface area contributed by atoms with Crippen molar-refractivity contribution in [1.82, 2.24) is 9.88 Å². The minimum atomic E-state index is 0. The summed E-state index contributed by atoms with van der Waals surface area (Å²) in [6, 6.07) is 5.62. The van der Waals surface area contributed by atoms with Crippen LogP contribution in [0.2, 0.25) is 0 Å². The summed E-state index contributed by atoms with van der Waals surface area (Å²) in [5.41, 5.74) is 2.54. The lowest BCUT2D eigenvalue weighted by Gasteiger charge is -2.44. The van der Waals surface area contributed by atoms with Crippen molar-refractivity contribution in [3.8, 4) is 5.75 Å². The van der Waals surface area contributed by atoms with Gasteiger partial charge in [0, 0.05) is 29.6 Å². The summed E-state index contributed by atoms with van der Waals surface area (Å²) in [5, 5.41) is 10.9. The fourth-order valence-electron chi connectivity index (χ4n) is 3.75. The Balaban J connectivity index is 0.00000110. The molecule has 1 atom stereocenters. The lowest BCUT2D eigenvalue weighted by atomic mass is 9.75. The van der Waals surface area contributed by atoms with Gasteiger partial charge in [0.25, 0.3) is 0 Å². The van der Waals surface area contributed by atoms with Gasteiger partial charge in [-0.3, -0.25) is 0 Å². The maximum atomic E-state index is 9.68. The van der Waals surface area contributed by atoms with Crippen LogP contribution in [0.4, 0.5) is 0 Å². The van der Waals surface area contributed by atoms with Gasteiger partial charge in [0.1, 0.15) is 5.75 Å². The third-order valence-electron chi connectivity index (χ3n) is 4.75. The molecule has 3 aliphatic rings. The zero-order valence-electron chi connectivity index (χ0n) is 10.8. The molecule has 0 saturated carbocycles. The first-order valence-electron chi connectivity index (χ1n) is 6.83. The van der Waals surface area contributed by atoms with E-state index in [2.05, 4.69) is 16.1 Å². The SMILES string of the molecule is Cl.Oc1ccc2[nH]cc(C3CN4CCC3CC4)c2c1. The first-order valence-corrected chi connectivity index (χ1v) is 6.83. The van der Waals surface area contributed by atoms with Crippen molar-refractivity contribution < 1.29 is 5.11 Å². The van der Waals surface area contributed by atoms with E-state index in [0.717, 1.165) is 11.4 Å². The zero-order chi connectivity index (χ0) is 12.1. The van der Waals surface area contributed by atoms with Crippen molar-refractivity contribution in [3.05, 3.63) is 30.0 Å². The van der Waals surface area contributed by atoms with Gasteiger partial charge in [-0.15, -0.1) is 12.4 Å². The Bertz CT molecular complexity index is 587. The number of phenolic OH excluding ortho intramolecular Hbond substituents is 1. The van der Waals surface area contributed by atoms with Crippen LogP contribution >= 0.6 is 12.4 Å². The predicted molar refractivity (Wildman–Crippen MR) is 79.1 cm³/mol. The molecular formula is C15H19ClN2O. The molecule has 4 heterocycles. The molecule has 2 bridgehead atoms. The molecule has 3 aliphatic heterocycles. The van der Waals surface area contributed by atoms with Gasteiger partial charge in [0.2, 0.25) is 0 Å². The number of aromatic hydroxyl groups is 1. The number of halogens is 1. The molecule has 4 heteroatoms. The van der Waals surface area contributed by atoms with Crippen molar-refractivity contribution in [3.63, 3.8) is 0 Å². The number of H-pyrrole nitrogens is 1. The molecule has 3 saturated heterocycles. The van der Waals surface area contributed by atoms with E-state index in [1.165, 1.54) is 43.4 Å². The summed E-state index contributed by atoms with van der Waals surface area (Å²) in [7, 11) is 0. The quantitative estimate of drug-likeness (QED) is 0.841. The Hall–Kier alpha value is -1.19. The van der Waals surface area contributed by atoms with E-state index < -0.39 is 0 Å². The third-order valence-corrected chi connectivity index (χ3v) is 4.75. The summed E-state index contributed by atoms with van der Waals surface area (Å²) in [4.78, 5) is 5.92. The number of phenols is 1. The summed E-state index contributed by atoms with van der Waals surface area (Å²) in [6.45, 7) is 3.73. The largest absolute Gasteiger partial charge is 0.508 e. The maximum Gasteiger partial charge on any atom is 0.116 e. The van der Waals surface area contributed by atoms with Gasteiger partial charge < -0.3 is 15.0 Å². The van der Waals surface area contributed by atoms with E-state index in [9.17, 15) is 5.11 Å². The van der Waals surface area contributed by atoms with Crippen LogP contribution in [0.3, 0.4) is 0 Å². The van der Waals surface area contributed by atoms with Crippen LogP contribution in [0.5, 0.6) is 5.75 Å². The van der Waals surface area contributed by atoms with Crippen LogP contribution < -0.4 is 0 Å². The fourth-order valence-corrected chi connectivity index (χ4v) is 3.75. The van der Waals surface area contributed by atoms with Crippen LogP contribution in [-0.2, 0) is 0 Å². The number of fused-ring (bicyclic) bond motifs is 4. The normalized spacial score (nSPS) is 29.4. The van der Waals surface area contributed by atoms with E-state index in [4.69, 9.17) is 0 Å². The number of nitrogens with zero attached hydrogens (tertiary/aromatic N) is 1. The number of piperidine rings is 3. The highest BCUT2D eigenvalue weighted by Gasteiger charge is 2.35. The van der Waals surface area contributed by atoms with Crippen molar-refractivity contribution >= 4 is 23.3 Å². The highest BCUT2D eigenvalue weighted by atomic mass is 35.5. The topological polar surface area (TPSA) is 39.3 Å². The van der Waals surface area contributed by atoms with Crippen molar-refractivity contribution in [2.75, 3.05) is 19.6 Å². The van der Waals surface area contributed by atoms with Gasteiger partial charge in [-0.2, -0.15) is 0 Å². The molecule has 1 aromatic heterocycles. The second kappa shape index (κ2) is 4.73. The molecule has 5 rings (SSSR count). The molecule has 102 valence electrons. The summed E-state index contributed by atoms with van der Waals surface area (Å²) in [5.74, 6) is 1.84. The fraction of sp³-hybridized carbons (Fsp3) is 0.467. The molecular weight excluding hydrogens is 260 g/mol. The Labute approximate surface area is 119 Å². The predicted octanol–water partition coefficient (Wildman–Crippen LogP) is 3.10. The number of hydrogen-bond acceptors (Lipinski definition) is 2. The molecule has 0 aliphatic carbocycles. The van der Waals surface area contributed by atoms with Gasteiger partial charge >= 0.3 is 0 Å². The minimum absolute atomic E-state index is 0. The molecule has 2 N–H and O–H groups in total. The Morgan fingerprint density at radius 2 is 2.00 bits per heavy atom. The van der Waals surface area contributed by atoms with Gasteiger partial charge in [-0.05, 0) is 55.6 Å². The smallest absolute Gasteiger partial charge is 0.116 e. The monoisotopic (exact) mass is 278 g/mol. The third kappa shape index (κ3) is 2.01. The second-order valence-corrected chi connectivity index (χ2v) is 5.72. The van der Waals surface area contributed by atoms with E-state index in [-0.39, 0.29) is 12.4 Å². The van der Waals surface area contributed by atoms with E-state index >= 15 is 0 Å². The highest BCUT2D eigenvalue weighted by Crippen LogP contribution is 2.41. The lowest BCUT2D eigenvalue weighted by molar-refractivity contribution is 0.0876. The molecule has 1 unspecified atom stereocenters. The standard InChI is InChI=1S/C15H18N2O.ClH/c18-11-1-2-15-12(7-11)13(8-16-15)14-9-17-5-3-10(14)4-6-17;/h1-2,7-8,10,14,16,18H,3-6,9H2;1H. The number of hydrogen-bond donors (Lipinski definition) is 2. The van der Waals surface area contributed by atoms with Gasteiger partial charge in [-0.25, -0.2) is 0 Å². The molecule has 0 amide bonds. The van der Waals surface area contributed by atoms with Crippen LogP contribution in [-0.4, -0.2) is 34.6 Å². The first-order chi connectivity index (χ1) is 8.81. The van der Waals surface area contributed by atoms with E-state index in [1.807, 2.05) is 12.1 Å². The van der Waals surface area contributed by atoms with Crippen molar-refractivity contribution in [2.24, 2.45) is 5.92 Å². The van der Waals surface area contributed by atoms with Crippen molar-refractivity contribution in [2.45, 2.75) is 18.8 Å². The Morgan fingerprint density at radius 1 is 1.21 bits per heavy atom. The molecule has 0 radical (unpaired) electrons. The molecule has 3 fully saturated rings. The van der Waals surface area contributed by atoms with Crippen molar-refractivity contribution in [1.29, 1.82) is 0 Å². The molecule has 3 nitrogen and oxygen atoms in total. The number of aromatic nitrogens is 1. The summed E-state index contributed by atoms with van der Waals surface area (Å²) in [6.07, 6.45) is 4.81. The average molecular weight is 279 g/mol. The molecule has 0 spiro atoms. The second-order valence-electron chi connectivity index (χ2n) is 5.72. The Morgan fingerprint density at radius 3 is 2.68 bits per heavy atom. The van der Waals surface area contributed by atoms with Gasteiger partial charge in [0.05, 0.1) is 0 Å². The summed E-state index contributed by atoms with van der Waals surface area (Å²) < 4.78 is 0. The highest BCUT2D eigenvalue weighted by molar-refractivity contribution is 5.85. The van der Waals surface area contributed by atoms with Crippen LogP contribution in [0.15, 0.2) is 24.4 Å². The Kier molecular flexibility index (Phi) is 3.19. The first kappa shape index (κ1) is 12.8. The van der Waals surface area contributed by atoms with Crippen LogP contribution in [0, 0.1) is 5.92 Å². The molecule has 1 aromatic carbocycles. The molecule has 19 heavy (non-hydrogen) atoms. The van der Waals surface area contributed by atoms with Gasteiger partial charge in [-0.1, -0.05) is 0 Å². The zero-order valence-corrected chi connectivity index (χ0v) is 11.6. The minimum Gasteiger partial charge on any atom is -0.508 e. The van der Waals surface area contributed by atoms with Gasteiger partial charge in [0.15, 0.2) is 0 Å². The summed E-state index contributed by atoms with van der Waals surface area (Å²) >= 11 is 0. The van der Waals surface area contributed by atoms with Crippen LogP contribution in [0.1, 0.15) is 24.3 Å². The van der Waals surface area contributed by atoms with E-state index in [0.29, 0.717) is 11.7 Å². The lowest BCUT2D eigenvalue weighted by Crippen LogP contribution is -2.46. The van der Waals surface area contributed by atoms with Crippen LogP contribution in [0.25, 0.3) is 10.9 Å². The number of benzene rings is 1. The number of aromatic amines is 1. The van der Waals surface area contributed by atoms with E-state index in [1.54, 1.807) is 6.07 Å².